The van der Waals surface area contributed by atoms with Crippen molar-refractivity contribution in [3.05, 3.63) is 96.9 Å². The Morgan fingerprint density at radius 2 is 1.40 bits per heavy atom. The maximum atomic E-state index is 13.7. The molecule has 2 bridgehead atoms. The van der Waals surface area contributed by atoms with E-state index in [9.17, 15) is 14.4 Å². The summed E-state index contributed by atoms with van der Waals surface area (Å²) in [7, 11) is 2.77. The summed E-state index contributed by atoms with van der Waals surface area (Å²) in [4.78, 5) is 66.2. The van der Waals surface area contributed by atoms with E-state index >= 15 is 0 Å². The predicted octanol–water partition coefficient (Wildman–Crippen LogP) is 6.35. The molecule has 4 N–H and O–H groups in total. The summed E-state index contributed by atoms with van der Waals surface area (Å²) in [5.41, 5.74) is 6.70. The largest absolute Gasteiger partial charge is 0.453 e. The van der Waals surface area contributed by atoms with Gasteiger partial charge in [0, 0.05) is 32.0 Å². The Morgan fingerprint density at radius 1 is 0.772 bits per heavy atom. The number of H-pyrrole nitrogens is 2. The molecule has 5 aromatic rings. The van der Waals surface area contributed by atoms with Crippen molar-refractivity contribution in [3.8, 4) is 33.6 Å². The second-order valence-electron chi connectivity index (χ2n) is 15.5. The van der Waals surface area contributed by atoms with Crippen molar-refractivity contribution >= 4 is 17.9 Å². The summed E-state index contributed by atoms with van der Waals surface area (Å²) in [6.07, 6.45) is 12.3. The molecule has 8 rings (SSSR count). The van der Waals surface area contributed by atoms with E-state index < -0.39 is 18.2 Å². The number of fused-ring (bicyclic) bond motifs is 2. The van der Waals surface area contributed by atoms with Crippen molar-refractivity contribution in [1.82, 2.24) is 45.4 Å². The highest BCUT2D eigenvalue weighted by Crippen LogP contribution is 2.56. The first-order valence-electron chi connectivity index (χ1n) is 19.8. The third kappa shape index (κ3) is 7.65. The van der Waals surface area contributed by atoms with Crippen LogP contribution in [-0.2, 0) is 19.1 Å². The summed E-state index contributed by atoms with van der Waals surface area (Å²) in [5.74, 6) is 2.15. The lowest BCUT2D eigenvalue weighted by Crippen LogP contribution is -2.54. The van der Waals surface area contributed by atoms with E-state index in [0.717, 1.165) is 77.3 Å². The molecule has 3 amide bonds. The Labute approximate surface area is 331 Å². The quantitative estimate of drug-likeness (QED) is 0.112. The standard InChI is InChI=1S/C43H49N9O5/c1-24(32-21-44-17-18-45-32)48-41(53)37-31-16-15-30(20-31)36(37)40-47-23-34(50-40)29-13-9-27(10-14-29)26-7-11-28(12-8-26)33-22-46-39(49-33)35-6-5-19-52(35)42(54)38(25(2)56-3)51-43(55)57-4/h7-14,17-18,21-25,30-31,35-38H,5-6,15-16,19-20H2,1-4H3,(H,46,49)(H,47,50)(H,48,53)(H,51,55)/t24?,25-,30?,31?,35+,36?,37?,38+/m1/s1. The molecule has 0 radical (unpaired) electrons. The van der Waals surface area contributed by atoms with Gasteiger partial charge in [-0.25, -0.2) is 14.8 Å². The Bertz CT molecular complexity index is 2190. The zero-order valence-electron chi connectivity index (χ0n) is 32.6. The molecule has 296 valence electrons. The van der Waals surface area contributed by atoms with Crippen molar-refractivity contribution in [3.63, 3.8) is 0 Å². The van der Waals surface area contributed by atoms with Gasteiger partial charge in [0.2, 0.25) is 11.8 Å². The number of hydrogen-bond donors (Lipinski definition) is 4. The SMILES string of the molecule is COC(=O)N[C@H](C(=O)N1CCC[C@H]1c1ncc(-c2ccc(-c3ccc(-c4cnc(C5C6CCC(C6)C5C(=O)NC(C)c5cnccn5)[nH]4)cc3)cc2)[nH]1)[C@@H](C)OC. The number of amides is 3. The number of benzene rings is 2. The molecule has 1 saturated heterocycles. The van der Waals surface area contributed by atoms with Crippen molar-refractivity contribution in [2.75, 3.05) is 20.8 Å². The number of rotatable bonds is 12. The number of nitrogens with zero attached hydrogens (tertiary/aromatic N) is 5. The number of aromatic nitrogens is 6. The fraction of sp³-hybridized carbons (Fsp3) is 0.419. The van der Waals surface area contributed by atoms with E-state index in [1.54, 1.807) is 36.6 Å². The van der Waals surface area contributed by atoms with Gasteiger partial charge < -0.3 is 35.0 Å². The van der Waals surface area contributed by atoms with Gasteiger partial charge in [-0.2, -0.15) is 0 Å². The highest BCUT2D eigenvalue weighted by molar-refractivity contribution is 5.87. The first-order valence-corrected chi connectivity index (χ1v) is 19.8. The molecule has 2 aliphatic carbocycles. The number of carbonyl (C=O) groups excluding carboxylic acids is 3. The van der Waals surface area contributed by atoms with E-state index in [2.05, 4.69) is 84.1 Å². The minimum Gasteiger partial charge on any atom is -0.453 e. The number of imidazole rings is 2. The molecule has 14 nitrogen and oxygen atoms in total. The summed E-state index contributed by atoms with van der Waals surface area (Å²) in [6.45, 7) is 4.25. The fourth-order valence-corrected chi connectivity index (χ4v) is 9.16. The van der Waals surface area contributed by atoms with Crippen molar-refractivity contribution in [2.24, 2.45) is 17.8 Å². The Kier molecular flexibility index (Phi) is 10.9. The van der Waals surface area contributed by atoms with Gasteiger partial charge >= 0.3 is 6.09 Å². The molecule has 0 spiro atoms. The van der Waals surface area contributed by atoms with Gasteiger partial charge in [0.15, 0.2) is 0 Å². The lowest BCUT2D eigenvalue weighted by molar-refractivity contribution is -0.137. The number of carbonyl (C=O) groups is 3. The monoisotopic (exact) mass is 771 g/mol. The molecule has 2 saturated carbocycles. The predicted molar refractivity (Wildman–Crippen MR) is 212 cm³/mol. The van der Waals surface area contributed by atoms with E-state index in [-0.39, 0.29) is 35.7 Å². The molecule has 2 aromatic carbocycles. The molecular weight excluding hydrogens is 723 g/mol. The molecule has 57 heavy (non-hydrogen) atoms. The van der Waals surface area contributed by atoms with E-state index in [0.29, 0.717) is 24.2 Å². The zero-order valence-corrected chi connectivity index (χ0v) is 32.6. The van der Waals surface area contributed by atoms with Gasteiger partial charge in [0.1, 0.15) is 17.7 Å². The van der Waals surface area contributed by atoms with Crippen LogP contribution in [0.3, 0.4) is 0 Å². The number of hydrogen-bond acceptors (Lipinski definition) is 9. The van der Waals surface area contributed by atoms with E-state index in [4.69, 9.17) is 14.5 Å². The summed E-state index contributed by atoms with van der Waals surface area (Å²) >= 11 is 0. The molecular formula is C43H49N9O5. The van der Waals surface area contributed by atoms with Gasteiger partial charge in [0.05, 0.1) is 66.9 Å². The van der Waals surface area contributed by atoms with Gasteiger partial charge in [-0.3, -0.25) is 19.6 Å². The number of likely N-dealkylation sites (tertiary alicyclic amines) is 1. The summed E-state index contributed by atoms with van der Waals surface area (Å²) in [6, 6.07) is 15.4. The van der Waals surface area contributed by atoms with Crippen LogP contribution in [0.2, 0.25) is 0 Å². The van der Waals surface area contributed by atoms with Crippen molar-refractivity contribution < 1.29 is 23.9 Å². The molecule has 3 aromatic heterocycles. The highest BCUT2D eigenvalue weighted by atomic mass is 16.5. The van der Waals surface area contributed by atoms with Crippen LogP contribution in [0, 0.1) is 17.8 Å². The maximum absolute atomic E-state index is 13.7. The first kappa shape index (κ1) is 38.0. The third-order valence-electron chi connectivity index (χ3n) is 12.3. The van der Waals surface area contributed by atoms with Crippen LogP contribution in [0.4, 0.5) is 4.79 Å². The highest BCUT2D eigenvalue weighted by Gasteiger charge is 2.52. The average Bonchev–Trinajstić information content (AvgIpc) is 4.11. The van der Waals surface area contributed by atoms with Crippen LogP contribution in [0.1, 0.15) is 81.3 Å². The third-order valence-corrected chi connectivity index (χ3v) is 12.3. The molecule has 3 aliphatic rings. The minimum absolute atomic E-state index is 0.0577. The van der Waals surface area contributed by atoms with Gasteiger partial charge in [-0.05, 0) is 80.0 Å². The topological polar surface area (TPSA) is 180 Å². The Balaban J connectivity index is 0.922. The summed E-state index contributed by atoms with van der Waals surface area (Å²) in [5, 5.41) is 5.84. The lowest BCUT2D eigenvalue weighted by atomic mass is 9.78. The molecule has 8 atom stereocenters. The zero-order chi connectivity index (χ0) is 39.6. The second-order valence-corrected chi connectivity index (χ2v) is 15.5. The number of methoxy groups -OCH3 is 2. The minimum atomic E-state index is -0.887. The van der Waals surface area contributed by atoms with Crippen LogP contribution in [-0.4, -0.2) is 85.6 Å². The van der Waals surface area contributed by atoms with E-state index in [1.165, 1.54) is 14.2 Å². The van der Waals surface area contributed by atoms with Crippen LogP contribution in [0.15, 0.2) is 79.5 Å². The Hall–Kier alpha value is -5.89. The molecule has 14 heteroatoms. The summed E-state index contributed by atoms with van der Waals surface area (Å²) < 4.78 is 10.2. The van der Waals surface area contributed by atoms with Gasteiger partial charge in [-0.1, -0.05) is 48.5 Å². The van der Waals surface area contributed by atoms with Crippen LogP contribution in [0.25, 0.3) is 33.6 Å². The van der Waals surface area contributed by atoms with Gasteiger partial charge in [0.25, 0.3) is 0 Å². The van der Waals surface area contributed by atoms with Crippen LogP contribution < -0.4 is 10.6 Å². The van der Waals surface area contributed by atoms with Crippen molar-refractivity contribution in [2.45, 2.75) is 76.1 Å². The number of ether oxygens (including phenoxy) is 2. The number of nitrogens with one attached hydrogen (secondary N) is 4. The van der Waals surface area contributed by atoms with E-state index in [1.807, 2.05) is 13.1 Å². The normalized spacial score (nSPS) is 22.9. The average molecular weight is 772 g/mol. The second kappa shape index (κ2) is 16.3. The van der Waals surface area contributed by atoms with Gasteiger partial charge in [-0.15, -0.1) is 0 Å². The van der Waals surface area contributed by atoms with Crippen molar-refractivity contribution in [1.29, 1.82) is 0 Å². The maximum Gasteiger partial charge on any atom is 0.407 e. The molecule has 5 unspecified atom stereocenters. The molecule has 1 aliphatic heterocycles. The van der Waals surface area contributed by atoms with Crippen LogP contribution in [0.5, 0.6) is 0 Å². The smallest absolute Gasteiger partial charge is 0.407 e. The first-order chi connectivity index (χ1) is 27.7. The molecule has 4 heterocycles. The lowest BCUT2D eigenvalue weighted by Gasteiger charge is -2.30. The fourth-order valence-electron chi connectivity index (χ4n) is 9.16. The molecule has 3 fully saturated rings. The number of aromatic amines is 2. The van der Waals surface area contributed by atoms with Crippen LogP contribution >= 0.6 is 0 Å². The Morgan fingerprint density at radius 3 is 2.04 bits per heavy atom. The number of alkyl carbamates (subject to hydrolysis) is 1.